The first-order chi connectivity index (χ1) is 7.73. The van der Waals surface area contributed by atoms with E-state index in [1.165, 1.54) is 24.3 Å². The topological polar surface area (TPSA) is 89.5 Å². The standard InChI is InChI=1S/C11H15N3O3/c1-11(2,3)10(15)13(12)8-4-6-9(7-5-8)14(16)17/h4-7H,12H2,1-3H3. The van der Waals surface area contributed by atoms with E-state index < -0.39 is 10.3 Å². The zero-order valence-electron chi connectivity index (χ0n) is 10.0. The molecule has 92 valence electrons. The zero-order chi connectivity index (χ0) is 13.2. The highest BCUT2D eigenvalue weighted by atomic mass is 16.6. The van der Waals surface area contributed by atoms with Gasteiger partial charge in [0.25, 0.3) is 5.69 Å². The molecule has 0 spiro atoms. The maximum absolute atomic E-state index is 11.9. The fourth-order valence-electron chi connectivity index (χ4n) is 1.21. The van der Waals surface area contributed by atoms with Gasteiger partial charge in [0.15, 0.2) is 0 Å². The van der Waals surface area contributed by atoms with E-state index >= 15 is 0 Å². The molecule has 1 aromatic rings. The van der Waals surface area contributed by atoms with Crippen molar-refractivity contribution >= 4 is 17.3 Å². The van der Waals surface area contributed by atoms with Crippen molar-refractivity contribution < 1.29 is 9.72 Å². The Hall–Kier alpha value is -1.95. The van der Waals surface area contributed by atoms with Gasteiger partial charge in [-0.15, -0.1) is 0 Å². The van der Waals surface area contributed by atoms with E-state index in [0.717, 1.165) is 5.01 Å². The van der Waals surface area contributed by atoms with E-state index in [9.17, 15) is 14.9 Å². The largest absolute Gasteiger partial charge is 0.272 e. The summed E-state index contributed by atoms with van der Waals surface area (Å²) in [5, 5.41) is 11.5. The first-order valence-electron chi connectivity index (χ1n) is 5.07. The van der Waals surface area contributed by atoms with Crippen LogP contribution in [0.4, 0.5) is 11.4 Å². The minimum Gasteiger partial charge on any atom is -0.272 e. The molecule has 2 N–H and O–H groups in total. The summed E-state index contributed by atoms with van der Waals surface area (Å²) >= 11 is 0. The number of carbonyl (C=O) groups excluding carboxylic acids is 1. The molecule has 17 heavy (non-hydrogen) atoms. The Balaban J connectivity index is 2.94. The van der Waals surface area contributed by atoms with Crippen molar-refractivity contribution in [2.24, 2.45) is 11.3 Å². The Kier molecular flexibility index (Phi) is 3.47. The Bertz CT molecular complexity index is 434. The van der Waals surface area contributed by atoms with Crippen molar-refractivity contribution in [1.29, 1.82) is 0 Å². The minimum atomic E-state index is -0.601. The van der Waals surface area contributed by atoms with Crippen LogP contribution < -0.4 is 10.9 Å². The molecule has 0 saturated heterocycles. The number of hydrogen-bond donors (Lipinski definition) is 1. The number of rotatable bonds is 2. The fourth-order valence-corrected chi connectivity index (χ4v) is 1.21. The van der Waals surface area contributed by atoms with Crippen LogP contribution in [0, 0.1) is 15.5 Å². The monoisotopic (exact) mass is 237 g/mol. The van der Waals surface area contributed by atoms with Gasteiger partial charge in [-0.25, -0.2) is 10.9 Å². The van der Waals surface area contributed by atoms with Crippen LogP contribution in [0.1, 0.15) is 20.8 Å². The van der Waals surface area contributed by atoms with Crippen LogP contribution >= 0.6 is 0 Å². The lowest BCUT2D eigenvalue weighted by molar-refractivity contribution is -0.384. The number of carbonyl (C=O) groups is 1. The van der Waals surface area contributed by atoms with Crippen molar-refractivity contribution in [2.45, 2.75) is 20.8 Å². The molecule has 0 aliphatic carbocycles. The van der Waals surface area contributed by atoms with Gasteiger partial charge in [-0.1, -0.05) is 20.8 Å². The highest BCUT2D eigenvalue weighted by molar-refractivity contribution is 5.95. The van der Waals surface area contributed by atoms with Crippen molar-refractivity contribution in [3.05, 3.63) is 34.4 Å². The minimum absolute atomic E-state index is 0.0367. The Labute approximate surface area is 99.1 Å². The van der Waals surface area contributed by atoms with Gasteiger partial charge < -0.3 is 0 Å². The third kappa shape index (κ3) is 3.01. The van der Waals surface area contributed by atoms with Crippen LogP contribution in [0.2, 0.25) is 0 Å². The van der Waals surface area contributed by atoms with Gasteiger partial charge in [0.2, 0.25) is 5.91 Å². The average molecular weight is 237 g/mol. The van der Waals surface area contributed by atoms with Gasteiger partial charge in [0, 0.05) is 17.5 Å². The molecule has 0 aromatic heterocycles. The maximum Gasteiger partial charge on any atom is 0.269 e. The average Bonchev–Trinajstić information content (AvgIpc) is 2.26. The molecule has 0 aliphatic heterocycles. The molecule has 1 amide bonds. The fraction of sp³-hybridized carbons (Fsp3) is 0.364. The van der Waals surface area contributed by atoms with Gasteiger partial charge in [-0.05, 0) is 12.1 Å². The van der Waals surface area contributed by atoms with Crippen LogP contribution in [0.15, 0.2) is 24.3 Å². The summed E-state index contributed by atoms with van der Waals surface area (Å²) in [6.07, 6.45) is 0. The molecular formula is C11H15N3O3. The second-order valence-corrected chi connectivity index (χ2v) is 4.70. The van der Waals surface area contributed by atoms with E-state index in [1.807, 2.05) is 0 Å². The SMILES string of the molecule is CC(C)(C)C(=O)N(N)c1ccc([N+](=O)[O-])cc1. The molecule has 0 saturated carbocycles. The lowest BCUT2D eigenvalue weighted by Crippen LogP contribution is -2.44. The number of non-ortho nitro benzene ring substituents is 1. The van der Waals surface area contributed by atoms with Crippen LogP contribution in [0.25, 0.3) is 0 Å². The van der Waals surface area contributed by atoms with E-state index in [-0.39, 0.29) is 11.6 Å². The molecule has 1 rings (SSSR count). The first-order valence-corrected chi connectivity index (χ1v) is 5.07. The predicted octanol–water partition coefficient (Wildman–Crippen LogP) is 1.85. The summed E-state index contributed by atoms with van der Waals surface area (Å²) in [6.45, 7) is 5.25. The third-order valence-corrected chi connectivity index (χ3v) is 2.20. The Morgan fingerprint density at radius 2 is 1.76 bits per heavy atom. The van der Waals surface area contributed by atoms with Gasteiger partial charge >= 0.3 is 0 Å². The molecular weight excluding hydrogens is 222 g/mol. The number of nitrogens with zero attached hydrogens (tertiary/aromatic N) is 2. The highest BCUT2D eigenvalue weighted by Crippen LogP contribution is 2.22. The van der Waals surface area contributed by atoms with Gasteiger partial charge in [-0.2, -0.15) is 0 Å². The summed E-state index contributed by atoms with van der Waals surface area (Å²) in [4.78, 5) is 21.8. The predicted molar refractivity (Wildman–Crippen MR) is 64.2 cm³/mol. The van der Waals surface area contributed by atoms with E-state index in [2.05, 4.69) is 0 Å². The molecule has 0 aliphatic rings. The number of benzene rings is 1. The molecule has 1 aromatic carbocycles. The second kappa shape index (κ2) is 4.50. The third-order valence-electron chi connectivity index (χ3n) is 2.20. The Morgan fingerprint density at radius 3 is 2.12 bits per heavy atom. The molecule has 0 heterocycles. The highest BCUT2D eigenvalue weighted by Gasteiger charge is 2.26. The summed E-state index contributed by atoms with van der Waals surface area (Å²) in [5.74, 6) is 5.41. The lowest BCUT2D eigenvalue weighted by atomic mass is 9.95. The van der Waals surface area contributed by atoms with Crippen molar-refractivity contribution in [2.75, 3.05) is 5.01 Å². The number of nitro benzene ring substituents is 1. The molecule has 0 bridgehead atoms. The van der Waals surface area contributed by atoms with Crippen LogP contribution in [0.3, 0.4) is 0 Å². The number of nitro groups is 1. The van der Waals surface area contributed by atoms with Gasteiger partial charge in [0.1, 0.15) is 0 Å². The van der Waals surface area contributed by atoms with E-state index in [1.54, 1.807) is 20.8 Å². The summed E-state index contributed by atoms with van der Waals surface area (Å²) in [7, 11) is 0. The van der Waals surface area contributed by atoms with Crippen LogP contribution in [0.5, 0.6) is 0 Å². The number of anilines is 1. The Morgan fingerprint density at radius 1 is 1.29 bits per heavy atom. The molecule has 0 fully saturated rings. The summed E-state index contributed by atoms with van der Waals surface area (Å²) in [6, 6.07) is 5.51. The van der Waals surface area contributed by atoms with Crippen molar-refractivity contribution in [3.8, 4) is 0 Å². The summed E-state index contributed by atoms with van der Waals surface area (Å²) < 4.78 is 0. The van der Waals surface area contributed by atoms with Crippen molar-refractivity contribution in [1.82, 2.24) is 0 Å². The molecule has 6 nitrogen and oxygen atoms in total. The zero-order valence-corrected chi connectivity index (χ0v) is 10.0. The normalized spacial score (nSPS) is 11.1. The number of hydrogen-bond acceptors (Lipinski definition) is 4. The van der Waals surface area contributed by atoms with Crippen LogP contribution in [-0.4, -0.2) is 10.8 Å². The number of nitrogens with two attached hydrogens (primary N) is 1. The lowest BCUT2D eigenvalue weighted by Gasteiger charge is -2.25. The number of hydrazine groups is 1. The van der Waals surface area contributed by atoms with Crippen LogP contribution in [-0.2, 0) is 4.79 Å². The molecule has 0 unspecified atom stereocenters. The van der Waals surface area contributed by atoms with Gasteiger partial charge in [-0.3, -0.25) is 14.9 Å². The van der Waals surface area contributed by atoms with E-state index in [0.29, 0.717) is 5.69 Å². The first kappa shape index (κ1) is 13.1. The number of amides is 1. The smallest absolute Gasteiger partial charge is 0.269 e. The molecule has 6 heteroatoms. The molecule has 0 atom stereocenters. The maximum atomic E-state index is 11.9. The summed E-state index contributed by atoms with van der Waals surface area (Å²) in [5.41, 5.74) is -0.211. The van der Waals surface area contributed by atoms with Crippen molar-refractivity contribution in [3.63, 3.8) is 0 Å². The quantitative estimate of drug-likeness (QED) is 0.368. The molecule has 0 radical (unpaired) electrons. The van der Waals surface area contributed by atoms with Gasteiger partial charge in [0.05, 0.1) is 10.6 Å². The van der Waals surface area contributed by atoms with E-state index in [4.69, 9.17) is 5.84 Å². The second-order valence-electron chi connectivity index (χ2n) is 4.70.